The van der Waals surface area contributed by atoms with Crippen molar-refractivity contribution < 1.29 is 4.79 Å². The molecule has 0 bridgehead atoms. The van der Waals surface area contributed by atoms with Gasteiger partial charge in [0.2, 0.25) is 5.91 Å². The van der Waals surface area contributed by atoms with Crippen molar-refractivity contribution >= 4 is 51.8 Å². The van der Waals surface area contributed by atoms with Gasteiger partial charge in [0, 0.05) is 26.4 Å². The molecule has 1 atom stereocenters. The summed E-state index contributed by atoms with van der Waals surface area (Å²) in [6.07, 6.45) is 0.246. The van der Waals surface area contributed by atoms with E-state index in [0.717, 1.165) is 21.8 Å². The van der Waals surface area contributed by atoms with E-state index in [1.54, 1.807) is 34.8 Å². The minimum atomic E-state index is -0.197. The number of thiazole rings is 1. The summed E-state index contributed by atoms with van der Waals surface area (Å²) < 4.78 is 0. The summed E-state index contributed by atoms with van der Waals surface area (Å²) in [5.74, 6) is -0.0873. The van der Waals surface area contributed by atoms with E-state index in [1.165, 1.54) is 0 Å². The molecule has 0 aliphatic rings. The van der Waals surface area contributed by atoms with Gasteiger partial charge in [-0.05, 0) is 36.1 Å². The zero-order valence-electron chi connectivity index (χ0n) is 12.8. The Morgan fingerprint density at radius 1 is 1.29 bits per heavy atom. The molecule has 3 rings (SSSR count). The van der Waals surface area contributed by atoms with E-state index in [1.807, 2.05) is 35.2 Å². The van der Waals surface area contributed by atoms with E-state index in [2.05, 4.69) is 10.3 Å². The number of thiophene rings is 1. The van der Waals surface area contributed by atoms with Crippen LogP contribution in [0.2, 0.25) is 10.0 Å². The fourth-order valence-corrected chi connectivity index (χ4v) is 4.40. The lowest BCUT2D eigenvalue weighted by atomic mass is 10.1. The smallest absolute Gasteiger partial charge is 0.226 e. The van der Waals surface area contributed by atoms with Crippen molar-refractivity contribution in [2.75, 3.05) is 0 Å². The fraction of sp³-hybridized carbons (Fsp3) is 0.176. The van der Waals surface area contributed by atoms with Gasteiger partial charge >= 0.3 is 0 Å². The summed E-state index contributed by atoms with van der Waals surface area (Å²) in [4.78, 5) is 16.8. The number of hydrogen-bond donors (Lipinski definition) is 1. The Kier molecular flexibility index (Phi) is 5.56. The van der Waals surface area contributed by atoms with Crippen LogP contribution in [0.5, 0.6) is 0 Å². The highest BCUT2D eigenvalue weighted by Crippen LogP contribution is 2.27. The number of carbonyl (C=O) groups is 1. The Morgan fingerprint density at radius 2 is 2.12 bits per heavy atom. The number of nitrogens with one attached hydrogen (secondary N) is 1. The summed E-state index contributed by atoms with van der Waals surface area (Å²) in [5.41, 5.74) is 2.71. The molecule has 1 aromatic carbocycles. The van der Waals surface area contributed by atoms with Crippen LogP contribution in [0, 0.1) is 0 Å². The van der Waals surface area contributed by atoms with Crippen LogP contribution in [0.4, 0.5) is 0 Å². The molecule has 3 aromatic rings. The van der Waals surface area contributed by atoms with Crippen LogP contribution < -0.4 is 5.32 Å². The maximum Gasteiger partial charge on any atom is 0.226 e. The molecule has 1 unspecified atom stereocenters. The van der Waals surface area contributed by atoms with Crippen molar-refractivity contribution in [1.82, 2.24) is 10.3 Å². The first kappa shape index (κ1) is 17.4. The molecule has 0 saturated heterocycles. The number of nitrogens with zero attached hydrogens (tertiary/aromatic N) is 1. The molecule has 24 heavy (non-hydrogen) atoms. The molecule has 1 N–H and O–H groups in total. The highest BCUT2D eigenvalue weighted by atomic mass is 35.5. The van der Waals surface area contributed by atoms with Crippen molar-refractivity contribution in [3.63, 3.8) is 0 Å². The van der Waals surface area contributed by atoms with Gasteiger partial charge in [0.05, 0.1) is 18.2 Å². The van der Waals surface area contributed by atoms with Gasteiger partial charge < -0.3 is 5.32 Å². The summed E-state index contributed by atoms with van der Waals surface area (Å²) >= 11 is 15.3. The van der Waals surface area contributed by atoms with E-state index in [0.29, 0.717) is 10.0 Å². The fourth-order valence-electron chi connectivity index (χ4n) is 2.29. The first-order chi connectivity index (χ1) is 11.5. The predicted molar refractivity (Wildman–Crippen MR) is 102 cm³/mol. The standard InChI is InChI=1S/C17H14Cl2N2OS2/c1-10(14-3-2-12(18)6-15(14)19)20-16(22)7-13-9-24-17(21-13)11-4-5-23-8-11/h2-6,8-10H,7H2,1H3,(H,20,22). The van der Waals surface area contributed by atoms with Gasteiger partial charge in [-0.2, -0.15) is 11.3 Å². The van der Waals surface area contributed by atoms with Crippen LogP contribution >= 0.6 is 45.9 Å². The minimum Gasteiger partial charge on any atom is -0.349 e. The molecule has 1 amide bonds. The van der Waals surface area contributed by atoms with Crippen LogP contribution in [-0.4, -0.2) is 10.9 Å². The first-order valence-corrected chi connectivity index (χ1v) is 9.82. The van der Waals surface area contributed by atoms with Crippen LogP contribution in [-0.2, 0) is 11.2 Å². The minimum absolute atomic E-state index is 0.0873. The van der Waals surface area contributed by atoms with E-state index >= 15 is 0 Å². The average molecular weight is 397 g/mol. The van der Waals surface area contributed by atoms with Crippen LogP contribution in [0.15, 0.2) is 40.4 Å². The molecule has 7 heteroatoms. The van der Waals surface area contributed by atoms with Crippen LogP contribution in [0.1, 0.15) is 24.2 Å². The first-order valence-electron chi connectivity index (χ1n) is 7.24. The quantitative estimate of drug-likeness (QED) is 0.609. The van der Waals surface area contributed by atoms with Crippen molar-refractivity contribution in [3.8, 4) is 10.6 Å². The van der Waals surface area contributed by atoms with E-state index < -0.39 is 0 Å². The third-order valence-electron chi connectivity index (χ3n) is 3.47. The van der Waals surface area contributed by atoms with E-state index in [4.69, 9.17) is 23.2 Å². The Morgan fingerprint density at radius 3 is 2.83 bits per heavy atom. The van der Waals surface area contributed by atoms with Gasteiger partial charge in [0.25, 0.3) is 0 Å². The van der Waals surface area contributed by atoms with Gasteiger partial charge in [-0.1, -0.05) is 29.3 Å². The lowest BCUT2D eigenvalue weighted by Gasteiger charge is -2.15. The van der Waals surface area contributed by atoms with Crippen LogP contribution in [0.25, 0.3) is 10.6 Å². The van der Waals surface area contributed by atoms with E-state index in [-0.39, 0.29) is 18.4 Å². The highest BCUT2D eigenvalue weighted by Gasteiger charge is 2.15. The molecule has 2 aromatic heterocycles. The molecule has 3 nitrogen and oxygen atoms in total. The monoisotopic (exact) mass is 396 g/mol. The number of amides is 1. The van der Waals surface area contributed by atoms with Gasteiger partial charge in [-0.15, -0.1) is 11.3 Å². The van der Waals surface area contributed by atoms with Crippen molar-refractivity contribution in [1.29, 1.82) is 0 Å². The number of carbonyl (C=O) groups excluding carboxylic acids is 1. The zero-order chi connectivity index (χ0) is 17.1. The molecule has 2 heterocycles. The average Bonchev–Trinajstić information content (AvgIpc) is 3.17. The largest absolute Gasteiger partial charge is 0.349 e. The van der Waals surface area contributed by atoms with Crippen molar-refractivity contribution in [2.24, 2.45) is 0 Å². The molecular formula is C17H14Cl2N2OS2. The number of aromatic nitrogens is 1. The molecular weight excluding hydrogens is 383 g/mol. The Bertz CT molecular complexity index is 846. The Balaban J connectivity index is 1.63. The third-order valence-corrected chi connectivity index (χ3v) is 5.65. The van der Waals surface area contributed by atoms with Crippen molar-refractivity contribution in [2.45, 2.75) is 19.4 Å². The lowest BCUT2D eigenvalue weighted by molar-refractivity contribution is -0.121. The number of halogens is 2. The Hall–Kier alpha value is -1.40. The lowest BCUT2D eigenvalue weighted by Crippen LogP contribution is -2.28. The molecule has 124 valence electrons. The van der Waals surface area contributed by atoms with Gasteiger partial charge in [-0.25, -0.2) is 4.98 Å². The SMILES string of the molecule is CC(NC(=O)Cc1csc(-c2ccsc2)n1)c1ccc(Cl)cc1Cl. The summed E-state index contributed by atoms with van der Waals surface area (Å²) in [6, 6.07) is 7.09. The van der Waals surface area contributed by atoms with E-state index in [9.17, 15) is 4.79 Å². The highest BCUT2D eigenvalue weighted by molar-refractivity contribution is 7.14. The second kappa shape index (κ2) is 7.66. The number of hydrogen-bond acceptors (Lipinski definition) is 4. The Labute approximate surface area is 158 Å². The molecule has 0 fully saturated rings. The molecule has 0 saturated carbocycles. The molecule has 0 radical (unpaired) electrons. The molecule has 0 spiro atoms. The van der Waals surface area contributed by atoms with Crippen LogP contribution in [0.3, 0.4) is 0 Å². The maximum absolute atomic E-state index is 12.3. The van der Waals surface area contributed by atoms with Gasteiger partial charge in [-0.3, -0.25) is 4.79 Å². The normalized spacial score (nSPS) is 12.1. The van der Waals surface area contributed by atoms with Gasteiger partial charge in [0.1, 0.15) is 5.01 Å². The summed E-state index contributed by atoms with van der Waals surface area (Å²) in [6.45, 7) is 1.89. The predicted octanol–water partition coefficient (Wildman–Crippen LogP) is 5.60. The van der Waals surface area contributed by atoms with Crippen molar-refractivity contribution in [3.05, 3.63) is 61.7 Å². The van der Waals surface area contributed by atoms with Gasteiger partial charge in [0.15, 0.2) is 0 Å². The third kappa shape index (κ3) is 4.16. The topological polar surface area (TPSA) is 42.0 Å². The second-order valence-electron chi connectivity index (χ2n) is 5.29. The zero-order valence-corrected chi connectivity index (χ0v) is 15.9. The number of rotatable bonds is 5. The number of benzene rings is 1. The summed E-state index contributed by atoms with van der Waals surface area (Å²) in [7, 11) is 0. The maximum atomic E-state index is 12.3. The molecule has 0 aliphatic carbocycles. The second-order valence-corrected chi connectivity index (χ2v) is 7.77. The molecule has 0 aliphatic heterocycles. The summed E-state index contributed by atoms with van der Waals surface area (Å²) in [5, 5.41) is 11.0.